The molecule has 1 heterocycles. The highest BCUT2D eigenvalue weighted by Crippen LogP contribution is 2.37. The number of unbranched alkanes of at least 4 members (excludes halogenated alkanes) is 2. The van der Waals surface area contributed by atoms with Crippen LogP contribution in [0.2, 0.25) is 0 Å². The highest BCUT2D eigenvalue weighted by Gasteiger charge is 2.39. The minimum atomic E-state index is -4.50. The van der Waals surface area contributed by atoms with Crippen molar-refractivity contribution in [1.29, 1.82) is 5.26 Å². The van der Waals surface area contributed by atoms with Gasteiger partial charge in [0.2, 0.25) is 5.91 Å². The quantitative estimate of drug-likeness (QED) is 0.847. The molecule has 1 aliphatic rings. The number of halogens is 3. The third-order valence-corrected chi connectivity index (χ3v) is 3.86. The molecule has 2 rings (SSSR count). The summed E-state index contributed by atoms with van der Waals surface area (Å²) in [4.78, 5) is 14.0. The van der Waals surface area contributed by atoms with Crippen molar-refractivity contribution in [3.05, 3.63) is 35.4 Å². The second-order valence-corrected chi connectivity index (χ2v) is 5.43. The summed E-state index contributed by atoms with van der Waals surface area (Å²) in [6.45, 7) is 1.41. The Morgan fingerprint density at radius 1 is 1.30 bits per heavy atom. The molecule has 0 spiro atoms. The number of nitriles is 1. The van der Waals surface area contributed by atoms with Gasteiger partial charge in [-0.05, 0) is 31.0 Å². The van der Waals surface area contributed by atoms with E-state index in [2.05, 4.69) is 5.32 Å². The maximum Gasteiger partial charge on any atom is 0.416 e. The van der Waals surface area contributed by atoms with Gasteiger partial charge in [-0.2, -0.15) is 18.4 Å². The van der Waals surface area contributed by atoms with Crippen LogP contribution in [-0.4, -0.2) is 30.4 Å². The molecular weight excluding hydrogens is 307 g/mol. The van der Waals surface area contributed by atoms with E-state index in [0.29, 0.717) is 38.9 Å². The first kappa shape index (κ1) is 17.3. The zero-order valence-electron chi connectivity index (χ0n) is 12.6. The number of carbonyl (C=O) groups excluding carboxylic acids is 1. The molecule has 1 aliphatic heterocycles. The molecule has 1 atom stereocenters. The van der Waals surface area contributed by atoms with E-state index in [-0.39, 0.29) is 5.56 Å². The largest absolute Gasteiger partial charge is 0.416 e. The van der Waals surface area contributed by atoms with Crippen LogP contribution in [0.5, 0.6) is 0 Å². The predicted molar refractivity (Wildman–Crippen MR) is 78.2 cm³/mol. The molecule has 0 aliphatic carbocycles. The van der Waals surface area contributed by atoms with Gasteiger partial charge in [0.15, 0.2) is 0 Å². The van der Waals surface area contributed by atoms with E-state index in [1.807, 2.05) is 6.07 Å². The van der Waals surface area contributed by atoms with E-state index in [4.69, 9.17) is 5.26 Å². The first-order chi connectivity index (χ1) is 10.9. The van der Waals surface area contributed by atoms with Crippen molar-refractivity contribution in [2.45, 2.75) is 31.5 Å². The lowest BCUT2D eigenvalue weighted by Gasteiger charge is -2.36. The van der Waals surface area contributed by atoms with Crippen LogP contribution in [0.4, 0.5) is 13.2 Å². The molecule has 124 valence electrons. The molecule has 1 aromatic carbocycles. The van der Waals surface area contributed by atoms with Crippen LogP contribution < -0.4 is 5.32 Å². The number of nitrogens with one attached hydrogen (secondary N) is 1. The van der Waals surface area contributed by atoms with Crippen LogP contribution in [0.15, 0.2) is 24.3 Å². The average Bonchev–Trinajstić information content (AvgIpc) is 2.51. The van der Waals surface area contributed by atoms with Gasteiger partial charge in [0.1, 0.15) is 6.04 Å². The van der Waals surface area contributed by atoms with E-state index in [1.165, 1.54) is 18.2 Å². The van der Waals surface area contributed by atoms with Crippen molar-refractivity contribution >= 4 is 5.91 Å². The number of alkyl halides is 3. The van der Waals surface area contributed by atoms with Crippen LogP contribution in [0.25, 0.3) is 0 Å². The molecule has 23 heavy (non-hydrogen) atoms. The molecule has 1 N–H and O–H groups in total. The average molecular weight is 325 g/mol. The monoisotopic (exact) mass is 325 g/mol. The lowest BCUT2D eigenvalue weighted by molar-refractivity contribution is -0.140. The summed E-state index contributed by atoms with van der Waals surface area (Å²) in [7, 11) is 0. The maximum absolute atomic E-state index is 13.2. The fourth-order valence-electron chi connectivity index (χ4n) is 2.81. The lowest BCUT2D eigenvalue weighted by Crippen LogP contribution is -2.50. The van der Waals surface area contributed by atoms with E-state index in [1.54, 1.807) is 4.90 Å². The Morgan fingerprint density at radius 3 is 2.74 bits per heavy atom. The predicted octanol–water partition coefficient (Wildman–Crippen LogP) is 2.87. The van der Waals surface area contributed by atoms with Crippen molar-refractivity contribution < 1.29 is 18.0 Å². The topological polar surface area (TPSA) is 56.1 Å². The first-order valence-electron chi connectivity index (χ1n) is 7.50. The Hall–Kier alpha value is -2.07. The zero-order chi connectivity index (χ0) is 16.9. The highest BCUT2D eigenvalue weighted by atomic mass is 19.4. The van der Waals surface area contributed by atoms with Crippen molar-refractivity contribution in [2.24, 2.45) is 0 Å². The van der Waals surface area contributed by atoms with Crippen LogP contribution in [-0.2, 0) is 11.0 Å². The number of hydrogen-bond donors (Lipinski definition) is 1. The maximum atomic E-state index is 13.2. The Morgan fingerprint density at radius 2 is 2.04 bits per heavy atom. The number of piperazine rings is 1. The van der Waals surface area contributed by atoms with Crippen LogP contribution in [0.3, 0.4) is 0 Å². The summed E-state index contributed by atoms with van der Waals surface area (Å²) in [5, 5.41) is 11.2. The molecule has 7 heteroatoms. The van der Waals surface area contributed by atoms with Gasteiger partial charge >= 0.3 is 6.18 Å². The van der Waals surface area contributed by atoms with E-state index in [9.17, 15) is 18.0 Å². The molecule has 1 aromatic rings. The Bertz CT molecular complexity index is 595. The molecule has 0 bridgehead atoms. The summed E-state index contributed by atoms with van der Waals surface area (Å²) in [5.41, 5.74) is -0.790. The fourth-order valence-corrected chi connectivity index (χ4v) is 2.81. The standard InChI is InChI=1S/C16H18F3N3O/c17-16(18,19)13-7-3-2-6-12(13)14-15(23)21-9-11-22(14)10-5-1-4-8-20/h2-3,6-7,14H,1,4-5,9-11H2,(H,21,23). The minimum Gasteiger partial charge on any atom is -0.353 e. The molecule has 1 saturated heterocycles. The normalized spacial score (nSPS) is 19.2. The van der Waals surface area contributed by atoms with Gasteiger partial charge in [-0.25, -0.2) is 0 Å². The molecule has 0 aromatic heterocycles. The third-order valence-electron chi connectivity index (χ3n) is 3.86. The number of rotatable bonds is 5. The van der Waals surface area contributed by atoms with Gasteiger partial charge in [0.05, 0.1) is 11.6 Å². The van der Waals surface area contributed by atoms with Crippen LogP contribution in [0.1, 0.15) is 36.4 Å². The number of carbonyl (C=O) groups is 1. The summed E-state index contributed by atoms with van der Waals surface area (Å²) in [5.74, 6) is -0.409. The smallest absolute Gasteiger partial charge is 0.353 e. The van der Waals surface area contributed by atoms with Gasteiger partial charge in [0.25, 0.3) is 0 Å². The Balaban J connectivity index is 2.26. The molecule has 1 fully saturated rings. The van der Waals surface area contributed by atoms with Crippen molar-refractivity contribution in [3.63, 3.8) is 0 Å². The molecule has 1 amide bonds. The Labute approximate surface area is 132 Å². The summed E-state index contributed by atoms with van der Waals surface area (Å²) in [6.07, 6.45) is -2.75. The van der Waals surface area contributed by atoms with Gasteiger partial charge in [-0.1, -0.05) is 18.2 Å². The molecule has 4 nitrogen and oxygen atoms in total. The fraction of sp³-hybridized carbons (Fsp3) is 0.500. The summed E-state index contributed by atoms with van der Waals surface area (Å²) < 4.78 is 39.7. The van der Waals surface area contributed by atoms with E-state index >= 15 is 0 Å². The van der Waals surface area contributed by atoms with E-state index < -0.39 is 23.7 Å². The Kier molecular flexibility index (Phi) is 5.61. The van der Waals surface area contributed by atoms with Gasteiger partial charge in [0, 0.05) is 19.5 Å². The van der Waals surface area contributed by atoms with Gasteiger partial charge in [-0.3, -0.25) is 9.69 Å². The van der Waals surface area contributed by atoms with Crippen molar-refractivity contribution in [1.82, 2.24) is 10.2 Å². The SMILES string of the molecule is N#CCCCCN1CCNC(=O)C1c1ccccc1C(F)(F)F. The summed E-state index contributed by atoms with van der Waals surface area (Å²) in [6, 6.07) is 6.30. The lowest BCUT2D eigenvalue weighted by atomic mass is 9.96. The van der Waals surface area contributed by atoms with Gasteiger partial charge in [-0.15, -0.1) is 0 Å². The molecule has 0 saturated carbocycles. The third kappa shape index (κ3) is 4.23. The highest BCUT2D eigenvalue weighted by molar-refractivity contribution is 5.84. The number of hydrogen-bond acceptors (Lipinski definition) is 3. The molecule has 1 unspecified atom stereocenters. The number of nitrogens with zero attached hydrogens (tertiary/aromatic N) is 2. The van der Waals surface area contributed by atoms with Gasteiger partial charge < -0.3 is 5.32 Å². The van der Waals surface area contributed by atoms with Crippen molar-refractivity contribution in [3.8, 4) is 6.07 Å². The second-order valence-electron chi connectivity index (χ2n) is 5.43. The minimum absolute atomic E-state index is 0.0162. The zero-order valence-corrected chi connectivity index (χ0v) is 12.6. The molecule has 0 radical (unpaired) electrons. The first-order valence-corrected chi connectivity index (χ1v) is 7.50. The number of amides is 1. The summed E-state index contributed by atoms with van der Waals surface area (Å²) >= 11 is 0. The second kappa shape index (κ2) is 7.47. The van der Waals surface area contributed by atoms with E-state index in [0.717, 1.165) is 6.07 Å². The van der Waals surface area contributed by atoms with Crippen LogP contribution >= 0.6 is 0 Å². The molecular formula is C16H18F3N3O. The number of benzene rings is 1. The van der Waals surface area contributed by atoms with Crippen LogP contribution in [0, 0.1) is 11.3 Å². The van der Waals surface area contributed by atoms with Crippen molar-refractivity contribution in [2.75, 3.05) is 19.6 Å².